The summed E-state index contributed by atoms with van der Waals surface area (Å²) in [5, 5.41) is 2.09. The van der Waals surface area contributed by atoms with Gasteiger partial charge in [-0.3, -0.25) is 10.1 Å². The van der Waals surface area contributed by atoms with E-state index in [-0.39, 0.29) is 12.3 Å². The first-order valence-electron chi connectivity index (χ1n) is 6.23. The van der Waals surface area contributed by atoms with Gasteiger partial charge in [-0.15, -0.1) is 11.8 Å². The number of urea groups is 1. The SMILES string of the molecule is NC(=O)NC(=O)CCN1CCCSc2ccccc21. The van der Waals surface area contributed by atoms with Crippen LogP contribution in [0.3, 0.4) is 0 Å². The van der Waals surface area contributed by atoms with Gasteiger partial charge in [0.05, 0.1) is 5.69 Å². The van der Waals surface area contributed by atoms with E-state index in [2.05, 4.69) is 22.3 Å². The number of anilines is 1. The van der Waals surface area contributed by atoms with Crippen molar-refractivity contribution in [3.05, 3.63) is 24.3 Å². The number of hydrogen-bond acceptors (Lipinski definition) is 4. The number of imide groups is 1. The molecule has 6 heteroatoms. The van der Waals surface area contributed by atoms with E-state index in [0.29, 0.717) is 6.54 Å². The number of benzene rings is 1. The lowest BCUT2D eigenvalue weighted by Gasteiger charge is -2.24. The van der Waals surface area contributed by atoms with E-state index in [0.717, 1.165) is 24.4 Å². The van der Waals surface area contributed by atoms with Crippen molar-refractivity contribution in [2.75, 3.05) is 23.7 Å². The topological polar surface area (TPSA) is 75.4 Å². The third-order valence-electron chi connectivity index (χ3n) is 2.91. The zero-order valence-corrected chi connectivity index (χ0v) is 11.4. The maximum Gasteiger partial charge on any atom is 0.318 e. The van der Waals surface area contributed by atoms with Crippen molar-refractivity contribution >= 4 is 29.4 Å². The molecule has 102 valence electrons. The Balaban J connectivity index is 2.00. The number of thioether (sulfide) groups is 1. The average Bonchev–Trinajstić information content (AvgIpc) is 2.58. The molecule has 0 spiro atoms. The van der Waals surface area contributed by atoms with Gasteiger partial charge in [0.2, 0.25) is 5.91 Å². The normalized spacial score (nSPS) is 14.4. The molecule has 1 aliphatic rings. The molecule has 0 bridgehead atoms. The van der Waals surface area contributed by atoms with Crippen molar-refractivity contribution in [1.82, 2.24) is 5.32 Å². The molecule has 0 radical (unpaired) electrons. The summed E-state index contributed by atoms with van der Waals surface area (Å²) in [4.78, 5) is 25.5. The number of carbonyl (C=O) groups excluding carboxylic acids is 2. The summed E-state index contributed by atoms with van der Waals surface area (Å²) in [5.74, 6) is 0.753. The van der Waals surface area contributed by atoms with Crippen molar-refractivity contribution in [1.29, 1.82) is 0 Å². The number of hydrogen-bond donors (Lipinski definition) is 2. The number of rotatable bonds is 3. The van der Waals surface area contributed by atoms with Gasteiger partial charge in [0.1, 0.15) is 0 Å². The first-order valence-corrected chi connectivity index (χ1v) is 7.21. The molecule has 3 amide bonds. The van der Waals surface area contributed by atoms with Gasteiger partial charge in [0.25, 0.3) is 0 Å². The number of amides is 3. The predicted octanol–water partition coefficient (Wildman–Crippen LogP) is 1.57. The van der Waals surface area contributed by atoms with Crippen LogP contribution in [0.4, 0.5) is 10.5 Å². The second kappa shape index (κ2) is 6.47. The molecule has 0 saturated carbocycles. The minimum absolute atomic E-state index is 0.266. The Bertz CT molecular complexity index is 479. The molecular formula is C13H17N3O2S. The first-order chi connectivity index (χ1) is 9.16. The van der Waals surface area contributed by atoms with Crippen molar-refractivity contribution in [3.8, 4) is 0 Å². The molecule has 19 heavy (non-hydrogen) atoms. The number of para-hydroxylation sites is 1. The number of nitrogens with one attached hydrogen (secondary N) is 1. The summed E-state index contributed by atoms with van der Waals surface area (Å²) >= 11 is 1.84. The van der Waals surface area contributed by atoms with E-state index < -0.39 is 6.03 Å². The molecule has 5 nitrogen and oxygen atoms in total. The standard InChI is InChI=1S/C13H17N3O2S/c14-13(18)15-12(17)6-8-16-7-3-9-19-11-5-2-1-4-10(11)16/h1-2,4-5H,3,6-9H2,(H3,14,15,17,18). The van der Waals surface area contributed by atoms with Crippen LogP contribution in [0.2, 0.25) is 0 Å². The fraction of sp³-hybridized carbons (Fsp3) is 0.385. The summed E-state index contributed by atoms with van der Waals surface area (Å²) in [6.07, 6.45) is 1.35. The van der Waals surface area contributed by atoms with Crippen LogP contribution >= 0.6 is 11.8 Å². The van der Waals surface area contributed by atoms with Crippen LogP contribution in [-0.2, 0) is 4.79 Å². The van der Waals surface area contributed by atoms with Crippen molar-refractivity contribution < 1.29 is 9.59 Å². The van der Waals surface area contributed by atoms with Crippen molar-refractivity contribution in [3.63, 3.8) is 0 Å². The zero-order chi connectivity index (χ0) is 13.7. The Hall–Kier alpha value is -1.69. The van der Waals surface area contributed by atoms with Crippen LogP contribution in [0.5, 0.6) is 0 Å². The van der Waals surface area contributed by atoms with Gasteiger partial charge in [-0.25, -0.2) is 4.79 Å². The van der Waals surface area contributed by atoms with Gasteiger partial charge >= 0.3 is 6.03 Å². The molecule has 3 N–H and O–H groups in total. The largest absolute Gasteiger partial charge is 0.370 e. The molecule has 0 atom stereocenters. The highest BCUT2D eigenvalue weighted by atomic mass is 32.2. The molecule has 0 aromatic heterocycles. The molecule has 1 aromatic carbocycles. The van der Waals surface area contributed by atoms with Gasteiger partial charge < -0.3 is 10.6 Å². The highest BCUT2D eigenvalue weighted by molar-refractivity contribution is 7.99. The van der Waals surface area contributed by atoms with Gasteiger partial charge in [0.15, 0.2) is 0 Å². The highest BCUT2D eigenvalue weighted by Crippen LogP contribution is 2.33. The molecule has 0 saturated heterocycles. The van der Waals surface area contributed by atoms with Crippen LogP contribution in [0.1, 0.15) is 12.8 Å². The molecule has 1 aliphatic heterocycles. The van der Waals surface area contributed by atoms with E-state index in [1.807, 2.05) is 23.9 Å². The minimum Gasteiger partial charge on any atom is -0.370 e. The Morgan fingerprint density at radius 3 is 2.95 bits per heavy atom. The van der Waals surface area contributed by atoms with Gasteiger partial charge in [-0.1, -0.05) is 12.1 Å². The fourth-order valence-electron chi connectivity index (χ4n) is 2.07. The molecule has 0 aliphatic carbocycles. The first kappa shape index (κ1) is 13.7. The lowest BCUT2D eigenvalue weighted by Crippen LogP contribution is -2.37. The van der Waals surface area contributed by atoms with Crippen LogP contribution in [0, 0.1) is 0 Å². The lowest BCUT2D eigenvalue weighted by atomic mass is 10.2. The lowest BCUT2D eigenvalue weighted by molar-refractivity contribution is -0.119. The molecule has 2 rings (SSSR count). The number of primary amides is 1. The van der Waals surface area contributed by atoms with Crippen LogP contribution in [0.15, 0.2) is 29.2 Å². The van der Waals surface area contributed by atoms with Crippen molar-refractivity contribution in [2.24, 2.45) is 5.73 Å². The average molecular weight is 279 g/mol. The summed E-state index contributed by atoms with van der Waals surface area (Å²) in [5.41, 5.74) is 6.08. The van der Waals surface area contributed by atoms with E-state index in [1.165, 1.54) is 4.90 Å². The van der Waals surface area contributed by atoms with Crippen LogP contribution < -0.4 is 16.0 Å². The summed E-state index contributed by atoms with van der Waals surface area (Å²) in [7, 11) is 0. The number of fused-ring (bicyclic) bond motifs is 1. The third-order valence-corrected chi connectivity index (χ3v) is 4.06. The zero-order valence-electron chi connectivity index (χ0n) is 10.6. The van der Waals surface area contributed by atoms with Crippen molar-refractivity contribution in [2.45, 2.75) is 17.7 Å². The molecular weight excluding hydrogens is 262 g/mol. The Morgan fingerprint density at radius 2 is 2.16 bits per heavy atom. The van der Waals surface area contributed by atoms with Crippen LogP contribution in [-0.4, -0.2) is 30.8 Å². The second-order valence-electron chi connectivity index (χ2n) is 4.32. The highest BCUT2D eigenvalue weighted by Gasteiger charge is 2.16. The molecule has 0 unspecified atom stereocenters. The number of nitrogens with two attached hydrogens (primary N) is 1. The van der Waals surface area contributed by atoms with E-state index in [9.17, 15) is 9.59 Å². The van der Waals surface area contributed by atoms with E-state index in [4.69, 9.17) is 5.73 Å². The molecule has 1 aromatic rings. The summed E-state index contributed by atoms with van der Waals surface area (Å²) in [6, 6.07) is 7.40. The van der Waals surface area contributed by atoms with Gasteiger partial charge in [0, 0.05) is 24.4 Å². The summed E-state index contributed by atoms with van der Waals surface area (Å²) < 4.78 is 0. The maximum atomic E-state index is 11.5. The third kappa shape index (κ3) is 3.89. The fourth-order valence-corrected chi connectivity index (χ4v) is 3.08. The second-order valence-corrected chi connectivity index (χ2v) is 5.46. The quantitative estimate of drug-likeness (QED) is 0.880. The monoisotopic (exact) mass is 279 g/mol. The maximum absolute atomic E-state index is 11.5. The van der Waals surface area contributed by atoms with Crippen LogP contribution in [0.25, 0.3) is 0 Å². The smallest absolute Gasteiger partial charge is 0.318 e. The molecule has 1 heterocycles. The number of carbonyl (C=O) groups is 2. The Kier molecular flexibility index (Phi) is 4.68. The number of nitrogens with zero attached hydrogens (tertiary/aromatic N) is 1. The van der Waals surface area contributed by atoms with Gasteiger partial charge in [-0.2, -0.15) is 0 Å². The van der Waals surface area contributed by atoms with E-state index >= 15 is 0 Å². The Morgan fingerprint density at radius 1 is 1.37 bits per heavy atom. The Labute approximate surface area is 116 Å². The molecule has 0 fully saturated rings. The van der Waals surface area contributed by atoms with Gasteiger partial charge in [-0.05, 0) is 24.3 Å². The summed E-state index contributed by atoms with van der Waals surface area (Å²) in [6.45, 7) is 1.52. The minimum atomic E-state index is -0.795. The predicted molar refractivity (Wildman–Crippen MR) is 76.3 cm³/mol. The van der Waals surface area contributed by atoms with E-state index in [1.54, 1.807) is 0 Å².